The van der Waals surface area contributed by atoms with Crippen LogP contribution in [-0.2, 0) is 7.05 Å². The molecule has 0 unspecified atom stereocenters. The van der Waals surface area contributed by atoms with E-state index in [4.69, 9.17) is 0 Å². The Morgan fingerprint density at radius 3 is 1.88 bits per heavy atom. The van der Waals surface area contributed by atoms with Gasteiger partial charge in [0.2, 0.25) is 0 Å². The van der Waals surface area contributed by atoms with Gasteiger partial charge in [0.15, 0.2) is 0 Å². The molecule has 3 aromatic carbocycles. The number of benzene rings is 3. The zero-order chi connectivity index (χ0) is 16.4. The highest BCUT2D eigenvalue weighted by atomic mass is 15.0. The normalized spacial score (nSPS) is 12.3. The summed E-state index contributed by atoms with van der Waals surface area (Å²) in [5, 5.41) is 5.36. The highest BCUT2D eigenvalue weighted by Crippen LogP contribution is 2.37. The van der Waals surface area contributed by atoms with E-state index in [9.17, 15) is 0 Å². The Kier molecular flexibility index (Phi) is 2.64. The quantitative estimate of drug-likeness (QED) is 0.358. The van der Waals surface area contributed by atoms with Crippen molar-refractivity contribution in [3.8, 4) is 0 Å². The van der Waals surface area contributed by atoms with Crippen LogP contribution in [0.5, 0.6) is 0 Å². The predicted molar refractivity (Wildman–Crippen MR) is 104 cm³/mol. The monoisotopic (exact) mass is 312 g/mol. The second kappa shape index (κ2) is 4.64. The summed E-state index contributed by atoms with van der Waals surface area (Å²) in [5.41, 5.74) is 5.24. The van der Waals surface area contributed by atoms with Gasteiger partial charge < -0.3 is 9.13 Å². The van der Waals surface area contributed by atoms with Crippen molar-refractivity contribution in [3.63, 3.8) is 0 Å². The van der Waals surface area contributed by atoms with Gasteiger partial charge in [-0.2, -0.15) is 0 Å². The zero-order valence-corrected chi connectivity index (χ0v) is 14.2. The van der Waals surface area contributed by atoms with E-state index in [0.29, 0.717) is 6.04 Å². The van der Waals surface area contributed by atoms with E-state index in [2.05, 4.69) is 90.7 Å². The minimum atomic E-state index is 0.430. The van der Waals surface area contributed by atoms with Crippen LogP contribution < -0.4 is 0 Å². The van der Waals surface area contributed by atoms with Crippen LogP contribution in [0.4, 0.5) is 0 Å². The highest BCUT2D eigenvalue weighted by molar-refractivity contribution is 6.17. The lowest BCUT2D eigenvalue weighted by Gasteiger charge is -2.11. The Balaban J connectivity index is 2.08. The molecule has 2 nitrogen and oxygen atoms in total. The molecular weight excluding hydrogens is 292 g/mol. The Morgan fingerprint density at radius 1 is 0.625 bits per heavy atom. The van der Waals surface area contributed by atoms with Crippen LogP contribution in [0.3, 0.4) is 0 Å². The summed E-state index contributed by atoms with van der Waals surface area (Å²) in [4.78, 5) is 0. The molecule has 0 bridgehead atoms. The summed E-state index contributed by atoms with van der Waals surface area (Å²) in [5.74, 6) is 0. The first-order valence-corrected chi connectivity index (χ1v) is 8.56. The van der Waals surface area contributed by atoms with E-state index < -0.39 is 0 Å². The molecule has 0 atom stereocenters. The minimum Gasteiger partial charge on any atom is -0.344 e. The van der Waals surface area contributed by atoms with Gasteiger partial charge >= 0.3 is 0 Å². The molecule has 5 aromatic rings. The molecule has 24 heavy (non-hydrogen) atoms. The number of nitrogens with zero attached hydrogens (tertiary/aromatic N) is 2. The largest absolute Gasteiger partial charge is 0.344 e. The number of para-hydroxylation sites is 2. The number of fused-ring (bicyclic) bond motifs is 6. The first-order valence-electron chi connectivity index (χ1n) is 8.56. The second-order valence-electron chi connectivity index (χ2n) is 6.94. The maximum Gasteiger partial charge on any atom is 0.0501 e. The Labute approximate surface area is 140 Å². The van der Waals surface area contributed by atoms with Crippen LogP contribution in [-0.4, -0.2) is 9.13 Å². The molecule has 0 aliphatic carbocycles. The molecule has 0 aliphatic heterocycles. The lowest BCUT2D eigenvalue weighted by molar-refractivity contribution is 0.642. The van der Waals surface area contributed by atoms with E-state index in [1.165, 1.54) is 43.6 Å². The van der Waals surface area contributed by atoms with Crippen LogP contribution in [0, 0.1) is 0 Å². The van der Waals surface area contributed by atoms with Crippen LogP contribution >= 0.6 is 0 Å². The van der Waals surface area contributed by atoms with E-state index >= 15 is 0 Å². The van der Waals surface area contributed by atoms with Gasteiger partial charge in [-0.25, -0.2) is 0 Å². The molecule has 2 heteroatoms. The van der Waals surface area contributed by atoms with Crippen molar-refractivity contribution in [2.45, 2.75) is 19.9 Å². The first kappa shape index (κ1) is 13.7. The van der Waals surface area contributed by atoms with Gasteiger partial charge in [-0.15, -0.1) is 0 Å². The highest BCUT2D eigenvalue weighted by Gasteiger charge is 2.16. The van der Waals surface area contributed by atoms with Crippen molar-refractivity contribution in [2.75, 3.05) is 0 Å². The number of aromatic nitrogens is 2. The zero-order valence-electron chi connectivity index (χ0n) is 14.2. The van der Waals surface area contributed by atoms with Gasteiger partial charge in [0.25, 0.3) is 0 Å². The molecule has 0 radical (unpaired) electrons. The third-order valence-corrected chi connectivity index (χ3v) is 5.26. The Morgan fingerprint density at radius 2 is 1.17 bits per heavy atom. The van der Waals surface area contributed by atoms with Crippen molar-refractivity contribution in [1.82, 2.24) is 9.13 Å². The summed E-state index contributed by atoms with van der Waals surface area (Å²) in [6.45, 7) is 4.53. The molecule has 0 fully saturated rings. The fourth-order valence-electron chi connectivity index (χ4n) is 4.21. The molecule has 0 saturated heterocycles. The predicted octanol–water partition coefficient (Wildman–Crippen LogP) is 6.02. The molecule has 5 rings (SSSR count). The first-order chi connectivity index (χ1) is 11.7. The van der Waals surface area contributed by atoms with Crippen molar-refractivity contribution in [2.24, 2.45) is 7.05 Å². The SMILES string of the molecule is CC(C)n1c2ccccc2c2cc3c(cc21)c1ccccc1n3C. The fraction of sp³-hybridized carbons (Fsp3) is 0.182. The lowest BCUT2D eigenvalue weighted by atomic mass is 10.1. The number of aryl methyl sites for hydroxylation is 1. The van der Waals surface area contributed by atoms with E-state index in [1.807, 2.05) is 0 Å². The summed E-state index contributed by atoms with van der Waals surface area (Å²) in [7, 11) is 2.16. The summed E-state index contributed by atoms with van der Waals surface area (Å²) in [6.07, 6.45) is 0. The van der Waals surface area contributed by atoms with Crippen molar-refractivity contribution < 1.29 is 0 Å². The maximum atomic E-state index is 2.46. The minimum absolute atomic E-state index is 0.430. The van der Waals surface area contributed by atoms with E-state index in [-0.39, 0.29) is 0 Å². The molecular formula is C22H20N2. The molecule has 0 N–H and O–H groups in total. The van der Waals surface area contributed by atoms with Crippen LogP contribution in [0.1, 0.15) is 19.9 Å². The summed E-state index contributed by atoms with van der Waals surface area (Å²) in [6, 6.07) is 22.6. The summed E-state index contributed by atoms with van der Waals surface area (Å²) >= 11 is 0. The standard InChI is InChI=1S/C22H20N2/c1-14(2)24-20-11-7-5-9-16(20)18-12-21-17(13-22(18)24)15-8-4-6-10-19(15)23(21)3/h4-14H,1-3H3. The van der Waals surface area contributed by atoms with Crippen molar-refractivity contribution >= 4 is 43.6 Å². The second-order valence-corrected chi connectivity index (χ2v) is 6.94. The molecule has 0 saturated carbocycles. The van der Waals surface area contributed by atoms with Gasteiger partial charge in [0.05, 0.1) is 5.52 Å². The van der Waals surface area contributed by atoms with Crippen LogP contribution in [0.15, 0.2) is 60.7 Å². The van der Waals surface area contributed by atoms with Crippen LogP contribution in [0.25, 0.3) is 43.6 Å². The third-order valence-electron chi connectivity index (χ3n) is 5.26. The van der Waals surface area contributed by atoms with Gasteiger partial charge in [-0.05, 0) is 38.1 Å². The lowest BCUT2D eigenvalue weighted by Crippen LogP contribution is -1.99. The molecule has 2 aromatic heterocycles. The average molecular weight is 312 g/mol. The maximum absolute atomic E-state index is 2.46. The number of hydrogen-bond donors (Lipinski definition) is 0. The Bertz CT molecular complexity index is 1240. The molecule has 0 spiro atoms. The molecule has 2 heterocycles. The summed E-state index contributed by atoms with van der Waals surface area (Å²) < 4.78 is 4.78. The van der Waals surface area contributed by atoms with Crippen LogP contribution in [0.2, 0.25) is 0 Å². The Hall–Kier alpha value is -2.74. The van der Waals surface area contributed by atoms with Crippen molar-refractivity contribution in [1.29, 1.82) is 0 Å². The molecule has 0 aliphatic rings. The molecule has 0 amide bonds. The average Bonchev–Trinajstić information content (AvgIpc) is 3.07. The van der Waals surface area contributed by atoms with E-state index in [0.717, 1.165) is 0 Å². The smallest absolute Gasteiger partial charge is 0.0501 e. The van der Waals surface area contributed by atoms with Gasteiger partial charge in [-0.1, -0.05) is 36.4 Å². The number of rotatable bonds is 1. The van der Waals surface area contributed by atoms with E-state index in [1.54, 1.807) is 0 Å². The fourth-order valence-corrected chi connectivity index (χ4v) is 4.21. The van der Waals surface area contributed by atoms with Gasteiger partial charge in [-0.3, -0.25) is 0 Å². The van der Waals surface area contributed by atoms with Gasteiger partial charge in [0.1, 0.15) is 0 Å². The molecule has 118 valence electrons. The third kappa shape index (κ3) is 1.60. The van der Waals surface area contributed by atoms with Crippen molar-refractivity contribution in [3.05, 3.63) is 60.7 Å². The topological polar surface area (TPSA) is 9.86 Å². The number of hydrogen-bond acceptors (Lipinski definition) is 0. The van der Waals surface area contributed by atoms with Gasteiger partial charge in [0, 0.05) is 51.2 Å².